The number of nitrogens with zero attached hydrogens (tertiary/aromatic N) is 2. The van der Waals surface area contributed by atoms with Gasteiger partial charge in [-0.25, -0.2) is 4.98 Å². The summed E-state index contributed by atoms with van der Waals surface area (Å²) in [6, 6.07) is 1.61. The van der Waals surface area contributed by atoms with Crippen molar-refractivity contribution in [2.75, 3.05) is 0 Å². The summed E-state index contributed by atoms with van der Waals surface area (Å²) >= 11 is 3.33. The molecule has 0 bridgehead atoms. The largest absolute Gasteiger partial charge is 0.457 e. The summed E-state index contributed by atoms with van der Waals surface area (Å²) in [4.78, 5) is 4.31. The van der Waals surface area contributed by atoms with E-state index < -0.39 is 0 Å². The minimum atomic E-state index is -0.255. The zero-order valence-corrected chi connectivity index (χ0v) is 10.6. The third-order valence-corrected chi connectivity index (χ3v) is 3.12. The van der Waals surface area contributed by atoms with Gasteiger partial charge < -0.3 is 14.7 Å². The van der Waals surface area contributed by atoms with Gasteiger partial charge in [0.15, 0.2) is 4.67 Å². The van der Waals surface area contributed by atoms with Crippen molar-refractivity contribution in [1.82, 2.24) is 9.55 Å². The molecule has 1 unspecified atom stereocenters. The number of furan rings is 1. The Morgan fingerprint density at radius 3 is 3.06 bits per heavy atom. The first-order chi connectivity index (χ1) is 7.74. The van der Waals surface area contributed by atoms with Gasteiger partial charge in [0.05, 0.1) is 12.3 Å². The molecular formula is C11H14BrN3O. The average molecular weight is 284 g/mol. The lowest BCUT2D eigenvalue weighted by atomic mass is 10.1. The highest BCUT2D eigenvalue weighted by Gasteiger charge is 2.18. The summed E-state index contributed by atoms with van der Waals surface area (Å²) in [5, 5.41) is 0. The molecule has 0 saturated carbocycles. The molecule has 0 aromatic carbocycles. The minimum Gasteiger partial charge on any atom is -0.457 e. The molecule has 2 rings (SSSR count). The third-order valence-electron chi connectivity index (χ3n) is 2.47. The lowest BCUT2D eigenvalue weighted by molar-refractivity contribution is 0.531. The Balaban J connectivity index is 2.30. The number of halogens is 1. The molecule has 0 amide bonds. The van der Waals surface area contributed by atoms with Crippen LogP contribution in [0, 0.1) is 0 Å². The zero-order valence-electron chi connectivity index (χ0n) is 9.06. The van der Waals surface area contributed by atoms with Crippen molar-refractivity contribution < 1.29 is 4.42 Å². The smallest absolute Gasteiger partial charge is 0.174 e. The van der Waals surface area contributed by atoms with Crippen molar-refractivity contribution in [1.29, 1.82) is 0 Å². The number of aryl methyl sites for hydroxylation is 1. The molecule has 2 aromatic heterocycles. The van der Waals surface area contributed by atoms with Crippen molar-refractivity contribution in [3.05, 3.63) is 40.8 Å². The van der Waals surface area contributed by atoms with Crippen molar-refractivity contribution in [3.8, 4) is 0 Å². The molecule has 16 heavy (non-hydrogen) atoms. The first-order valence-corrected chi connectivity index (χ1v) is 6.02. The van der Waals surface area contributed by atoms with E-state index in [0.717, 1.165) is 24.4 Å². The molecule has 0 aliphatic rings. The zero-order chi connectivity index (χ0) is 11.5. The second-order valence-electron chi connectivity index (χ2n) is 3.61. The van der Waals surface area contributed by atoms with Gasteiger partial charge in [-0.2, -0.15) is 0 Å². The van der Waals surface area contributed by atoms with Crippen molar-refractivity contribution >= 4 is 15.9 Å². The number of imidazole rings is 1. The van der Waals surface area contributed by atoms with E-state index in [2.05, 4.69) is 32.4 Å². The minimum absolute atomic E-state index is 0.255. The van der Waals surface area contributed by atoms with Crippen LogP contribution in [0.3, 0.4) is 0 Å². The standard InChI is InChI=1S/C11H14BrN3O/c1-2-5-15-6-4-14-11(15)9(13)8-3-7-16-10(8)12/h3-4,6-7,9H,2,5,13H2,1H3. The van der Waals surface area contributed by atoms with Gasteiger partial charge in [-0.1, -0.05) is 6.92 Å². The SMILES string of the molecule is CCCn1ccnc1C(N)c1ccoc1Br. The molecule has 0 aliphatic heterocycles. The molecular weight excluding hydrogens is 270 g/mol. The van der Waals surface area contributed by atoms with E-state index >= 15 is 0 Å². The van der Waals surface area contributed by atoms with Crippen LogP contribution in [-0.2, 0) is 6.54 Å². The van der Waals surface area contributed by atoms with Crippen LogP contribution in [0.5, 0.6) is 0 Å². The Labute approximate surface area is 103 Å². The summed E-state index contributed by atoms with van der Waals surface area (Å²) in [6.45, 7) is 3.06. The molecule has 5 heteroatoms. The fraction of sp³-hybridized carbons (Fsp3) is 0.364. The molecule has 0 spiro atoms. The number of hydrogen-bond acceptors (Lipinski definition) is 3. The highest BCUT2D eigenvalue weighted by molar-refractivity contribution is 9.10. The van der Waals surface area contributed by atoms with E-state index in [0.29, 0.717) is 4.67 Å². The van der Waals surface area contributed by atoms with E-state index in [1.54, 1.807) is 12.5 Å². The second-order valence-corrected chi connectivity index (χ2v) is 4.33. The number of nitrogens with two attached hydrogens (primary N) is 1. The van der Waals surface area contributed by atoms with E-state index in [-0.39, 0.29) is 6.04 Å². The van der Waals surface area contributed by atoms with Gasteiger partial charge in [-0.3, -0.25) is 0 Å². The molecule has 86 valence electrons. The van der Waals surface area contributed by atoms with Gasteiger partial charge in [0, 0.05) is 24.5 Å². The normalized spacial score (nSPS) is 12.9. The topological polar surface area (TPSA) is 57.0 Å². The first-order valence-electron chi connectivity index (χ1n) is 5.23. The highest BCUT2D eigenvalue weighted by atomic mass is 79.9. The van der Waals surface area contributed by atoms with Crippen molar-refractivity contribution in [2.24, 2.45) is 5.73 Å². The quantitative estimate of drug-likeness (QED) is 0.939. The van der Waals surface area contributed by atoms with Gasteiger partial charge in [0.25, 0.3) is 0 Å². The second kappa shape index (κ2) is 4.84. The van der Waals surface area contributed by atoms with Gasteiger partial charge in [-0.05, 0) is 28.4 Å². The Bertz CT molecular complexity index is 463. The fourth-order valence-corrected chi connectivity index (χ4v) is 2.18. The predicted octanol–water partition coefficient (Wildman–Crippen LogP) is 2.70. The van der Waals surface area contributed by atoms with E-state index in [4.69, 9.17) is 10.2 Å². The summed E-state index contributed by atoms with van der Waals surface area (Å²) in [5.41, 5.74) is 7.08. The molecule has 2 aromatic rings. The molecule has 1 atom stereocenters. The van der Waals surface area contributed by atoms with Gasteiger partial charge in [0.2, 0.25) is 0 Å². The molecule has 2 heterocycles. The molecule has 2 N–H and O–H groups in total. The molecule has 4 nitrogen and oxygen atoms in total. The van der Waals surface area contributed by atoms with Crippen LogP contribution in [0.15, 0.2) is 33.8 Å². The van der Waals surface area contributed by atoms with Crippen molar-refractivity contribution in [2.45, 2.75) is 25.9 Å². The average Bonchev–Trinajstić information content (AvgIpc) is 2.87. The summed E-state index contributed by atoms with van der Waals surface area (Å²) in [6.07, 6.45) is 6.40. The summed E-state index contributed by atoms with van der Waals surface area (Å²) in [5.74, 6) is 0.865. The molecule has 0 radical (unpaired) electrons. The van der Waals surface area contributed by atoms with Crippen LogP contribution in [-0.4, -0.2) is 9.55 Å². The summed E-state index contributed by atoms with van der Waals surface area (Å²) < 4.78 is 7.93. The van der Waals surface area contributed by atoms with Crippen LogP contribution < -0.4 is 5.73 Å². The first kappa shape index (κ1) is 11.4. The Kier molecular flexibility index (Phi) is 3.46. The Morgan fingerprint density at radius 2 is 2.44 bits per heavy atom. The monoisotopic (exact) mass is 283 g/mol. The van der Waals surface area contributed by atoms with Gasteiger partial charge in [0.1, 0.15) is 5.82 Å². The van der Waals surface area contributed by atoms with Crippen LogP contribution in [0.1, 0.15) is 30.8 Å². The van der Waals surface area contributed by atoms with Gasteiger partial charge in [-0.15, -0.1) is 0 Å². The van der Waals surface area contributed by atoms with E-state index in [1.165, 1.54) is 0 Å². The fourth-order valence-electron chi connectivity index (χ4n) is 1.70. The molecule has 0 aliphatic carbocycles. The Morgan fingerprint density at radius 1 is 1.62 bits per heavy atom. The highest BCUT2D eigenvalue weighted by Crippen LogP contribution is 2.26. The van der Waals surface area contributed by atoms with Crippen LogP contribution in [0.4, 0.5) is 0 Å². The lowest BCUT2D eigenvalue weighted by Crippen LogP contribution is -2.17. The predicted molar refractivity (Wildman–Crippen MR) is 65.0 cm³/mol. The van der Waals surface area contributed by atoms with Crippen LogP contribution in [0.2, 0.25) is 0 Å². The maximum absolute atomic E-state index is 6.16. The van der Waals surface area contributed by atoms with Crippen LogP contribution >= 0.6 is 15.9 Å². The summed E-state index contributed by atoms with van der Waals surface area (Å²) in [7, 11) is 0. The Hall–Kier alpha value is -1.07. The van der Waals surface area contributed by atoms with Crippen LogP contribution in [0.25, 0.3) is 0 Å². The van der Waals surface area contributed by atoms with Crippen molar-refractivity contribution in [3.63, 3.8) is 0 Å². The number of aromatic nitrogens is 2. The number of hydrogen-bond donors (Lipinski definition) is 1. The van der Waals surface area contributed by atoms with E-state index in [1.807, 2.05) is 12.3 Å². The maximum Gasteiger partial charge on any atom is 0.174 e. The van der Waals surface area contributed by atoms with E-state index in [9.17, 15) is 0 Å². The lowest BCUT2D eigenvalue weighted by Gasteiger charge is -2.12. The van der Waals surface area contributed by atoms with Gasteiger partial charge >= 0.3 is 0 Å². The molecule has 0 saturated heterocycles. The maximum atomic E-state index is 6.16. The third kappa shape index (κ3) is 2.05. The molecule has 0 fully saturated rings. The number of rotatable bonds is 4.